The van der Waals surface area contributed by atoms with Gasteiger partial charge in [-0.1, -0.05) is 25.3 Å². The SMILES string of the molecule is C=CCn1c(C2CCCCC2)nc(C2CCCOC2)c1N. The lowest BCUT2D eigenvalue weighted by Crippen LogP contribution is -2.17. The summed E-state index contributed by atoms with van der Waals surface area (Å²) < 4.78 is 7.81. The summed E-state index contributed by atoms with van der Waals surface area (Å²) in [4.78, 5) is 4.99. The molecule has 21 heavy (non-hydrogen) atoms. The molecule has 2 N–H and O–H groups in total. The predicted molar refractivity (Wildman–Crippen MR) is 85.5 cm³/mol. The molecule has 1 aromatic rings. The molecular formula is C17H27N3O. The van der Waals surface area contributed by atoms with Crippen LogP contribution in [0.1, 0.15) is 68.3 Å². The normalized spacial score (nSPS) is 24.1. The Morgan fingerprint density at radius 1 is 1.19 bits per heavy atom. The molecule has 1 atom stereocenters. The van der Waals surface area contributed by atoms with Crippen LogP contribution < -0.4 is 5.73 Å². The van der Waals surface area contributed by atoms with Crippen molar-refractivity contribution in [1.29, 1.82) is 0 Å². The quantitative estimate of drug-likeness (QED) is 0.862. The molecule has 0 radical (unpaired) electrons. The molecule has 4 heteroatoms. The number of nitrogen functional groups attached to an aromatic ring is 1. The molecule has 1 aromatic heterocycles. The molecule has 2 aliphatic rings. The van der Waals surface area contributed by atoms with Crippen LogP contribution in [-0.4, -0.2) is 22.8 Å². The van der Waals surface area contributed by atoms with Crippen LogP contribution in [0.3, 0.4) is 0 Å². The number of nitrogens with two attached hydrogens (primary N) is 1. The van der Waals surface area contributed by atoms with Crippen molar-refractivity contribution in [3.63, 3.8) is 0 Å². The fourth-order valence-electron chi connectivity index (χ4n) is 3.75. The molecule has 0 aromatic carbocycles. The maximum absolute atomic E-state index is 6.42. The summed E-state index contributed by atoms with van der Waals surface area (Å²) in [6.45, 7) is 6.28. The Hall–Kier alpha value is -1.29. The van der Waals surface area contributed by atoms with E-state index in [9.17, 15) is 0 Å². The minimum atomic E-state index is 0.368. The second-order valence-electron chi connectivity index (χ2n) is 6.39. The molecule has 116 valence electrons. The smallest absolute Gasteiger partial charge is 0.127 e. The van der Waals surface area contributed by atoms with Gasteiger partial charge in [0.15, 0.2) is 0 Å². The lowest BCUT2D eigenvalue weighted by Gasteiger charge is -2.22. The lowest BCUT2D eigenvalue weighted by molar-refractivity contribution is 0.0795. The number of rotatable bonds is 4. The second kappa shape index (κ2) is 6.65. The first-order chi connectivity index (χ1) is 10.3. The molecular weight excluding hydrogens is 262 g/mol. The summed E-state index contributed by atoms with van der Waals surface area (Å²) in [5.74, 6) is 2.96. The molecule has 2 heterocycles. The average molecular weight is 289 g/mol. The molecule has 2 fully saturated rings. The van der Waals surface area contributed by atoms with Crippen molar-refractivity contribution in [3.05, 3.63) is 24.2 Å². The number of aromatic nitrogens is 2. The number of allylic oxidation sites excluding steroid dienone is 1. The fourth-order valence-corrected chi connectivity index (χ4v) is 3.75. The highest BCUT2D eigenvalue weighted by Crippen LogP contribution is 2.37. The van der Waals surface area contributed by atoms with Crippen molar-refractivity contribution in [2.45, 2.75) is 63.3 Å². The molecule has 1 unspecified atom stereocenters. The Balaban J connectivity index is 1.91. The minimum Gasteiger partial charge on any atom is -0.384 e. The van der Waals surface area contributed by atoms with Crippen LogP contribution >= 0.6 is 0 Å². The molecule has 1 saturated heterocycles. The predicted octanol–water partition coefficient (Wildman–Crippen LogP) is 3.59. The van der Waals surface area contributed by atoms with Crippen LogP contribution in [0.2, 0.25) is 0 Å². The van der Waals surface area contributed by atoms with E-state index in [-0.39, 0.29) is 0 Å². The van der Waals surface area contributed by atoms with E-state index < -0.39 is 0 Å². The van der Waals surface area contributed by atoms with Gasteiger partial charge in [-0.05, 0) is 25.7 Å². The fraction of sp³-hybridized carbons (Fsp3) is 0.706. The Kier molecular flexibility index (Phi) is 4.63. The van der Waals surface area contributed by atoms with E-state index in [2.05, 4.69) is 11.1 Å². The number of hydrogen-bond acceptors (Lipinski definition) is 3. The number of nitrogens with zero attached hydrogens (tertiary/aromatic N) is 2. The number of hydrogen-bond donors (Lipinski definition) is 1. The van der Waals surface area contributed by atoms with Crippen molar-refractivity contribution in [2.24, 2.45) is 0 Å². The number of anilines is 1. The van der Waals surface area contributed by atoms with Crippen molar-refractivity contribution >= 4 is 5.82 Å². The number of ether oxygens (including phenoxy) is 1. The van der Waals surface area contributed by atoms with E-state index in [4.69, 9.17) is 15.5 Å². The van der Waals surface area contributed by atoms with E-state index >= 15 is 0 Å². The van der Waals surface area contributed by atoms with Crippen LogP contribution in [0.25, 0.3) is 0 Å². The summed E-state index contributed by atoms with van der Waals surface area (Å²) in [6.07, 6.45) is 10.6. The van der Waals surface area contributed by atoms with Gasteiger partial charge in [0.25, 0.3) is 0 Å². The Bertz CT molecular complexity index is 482. The molecule has 1 saturated carbocycles. The third kappa shape index (κ3) is 3.00. The van der Waals surface area contributed by atoms with Gasteiger partial charge in [-0.3, -0.25) is 0 Å². The monoisotopic (exact) mass is 289 g/mol. The van der Waals surface area contributed by atoms with Gasteiger partial charge < -0.3 is 15.0 Å². The highest BCUT2D eigenvalue weighted by molar-refractivity contribution is 5.42. The van der Waals surface area contributed by atoms with Gasteiger partial charge in [-0.2, -0.15) is 0 Å². The Labute approximate surface area is 127 Å². The lowest BCUT2D eigenvalue weighted by atomic mass is 9.88. The van der Waals surface area contributed by atoms with Crippen LogP contribution in [0.15, 0.2) is 12.7 Å². The van der Waals surface area contributed by atoms with E-state index in [1.165, 1.54) is 37.9 Å². The van der Waals surface area contributed by atoms with Crippen LogP contribution in [0.5, 0.6) is 0 Å². The van der Waals surface area contributed by atoms with Gasteiger partial charge >= 0.3 is 0 Å². The van der Waals surface area contributed by atoms with Crippen LogP contribution in [-0.2, 0) is 11.3 Å². The van der Waals surface area contributed by atoms with E-state index in [1.54, 1.807) is 0 Å². The second-order valence-corrected chi connectivity index (χ2v) is 6.39. The highest BCUT2D eigenvalue weighted by Gasteiger charge is 2.28. The van der Waals surface area contributed by atoms with Crippen molar-refractivity contribution in [2.75, 3.05) is 18.9 Å². The Morgan fingerprint density at radius 2 is 1.95 bits per heavy atom. The van der Waals surface area contributed by atoms with Crippen molar-refractivity contribution < 1.29 is 4.74 Å². The summed E-state index contributed by atoms with van der Waals surface area (Å²) in [7, 11) is 0. The maximum atomic E-state index is 6.42. The third-order valence-corrected chi connectivity index (χ3v) is 4.89. The molecule has 4 nitrogen and oxygen atoms in total. The summed E-state index contributed by atoms with van der Waals surface area (Å²) in [6, 6.07) is 0. The zero-order chi connectivity index (χ0) is 14.7. The number of imidazole rings is 1. The standard InChI is InChI=1S/C17H27N3O/c1-2-10-20-16(18)15(14-9-6-11-21-12-14)19-17(20)13-7-4-3-5-8-13/h2,13-14H,1,3-12,18H2. The zero-order valence-electron chi connectivity index (χ0n) is 12.9. The van der Waals surface area contributed by atoms with Gasteiger partial charge in [0, 0.05) is 25.0 Å². The zero-order valence-corrected chi connectivity index (χ0v) is 12.9. The summed E-state index contributed by atoms with van der Waals surface area (Å²) in [5.41, 5.74) is 7.49. The van der Waals surface area contributed by atoms with E-state index in [1.807, 2.05) is 6.08 Å². The van der Waals surface area contributed by atoms with E-state index in [0.29, 0.717) is 11.8 Å². The highest BCUT2D eigenvalue weighted by atomic mass is 16.5. The van der Waals surface area contributed by atoms with Gasteiger partial charge in [-0.25, -0.2) is 4.98 Å². The molecule has 1 aliphatic carbocycles. The average Bonchev–Trinajstić information content (AvgIpc) is 2.87. The first kappa shape index (κ1) is 14.6. The molecule has 3 rings (SSSR count). The van der Waals surface area contributed by atoms with Crippen LogP contribution in [0.4, 0.5) is 5.82 Å². The topological polar surface area (TPSA) is 53.1 Å². The van der Waals surface area contributed by atoms with Crippen LogP contribution in [0, 0.1) is 0 Å². The molecule has 0 spiro atoms. The van der Waals surface area contributed by atoms with Gasteiger partial charge in [0.2, 0.25) is 0 Å². The molecule has 0 amide bonds. The van der Waals surface area contributed by atoms with Gasteiger partial charge in [-0.15, -0.1) is 6.58 Å². The van der Waals surface area contributed by atoms with E-state index in [0.717, 1.165) is 44.1 Å². The first-order valence-corrected chi connectivity index (χ1v) is 8.35. The van der Waals surface area contributed by atoms with Crippen molar-refractivity contribution in [3.8, 4) is 0 Å². The minimum absolute atomic E-state index is 0.368. The van der Waals surface area contributed by atoms with Gasteiger partial charge in [0.1, 0.15) is 11.6 Å². The summed E-state index contributed by atoms with van der Waals surface area (Å²) in [5, 5.41) is 0. The van der Waals surface area contributed by atoms with Crippen molar-refractivity contribution in [1.82, 2.24) is 9.55 Å². The third-order valence-electron chi connectivity index (χ3n) is 4.89. The molecule has 0 bridgehead atoms. The maximum Gasteiger partial charge on any atom is 0.127 e. The van der Waals surface area contributed by atoms with Gasteiger partial charge in [0.05, 0.1) is 12.3 Å². The summed E-state index contributed by atoms with van der Waals surface area (Å²) >= 11 is 0. The molecule has 1 aliphatic heterocycles. The first-order valence-electron chi connectivity index (χ1n) is 8.35. The Morgan fingerprint density at radius 3 is 2.62 bits per heavy atom. The largest absolute Gasteiger partial charge is 0.384 e.